The zero-order chi connectivity index (χ0) is 11.4. The summed E-state index contributed by atoms with van der Waals surface area (Å²) in [6.07, 6.45) is 2.34. The van der Waals surface area contributed by atoms with E-state index in [-0.39, 0.29) is 0 Å². The molecular weight excluding hydrogens is 278 g/mol. The summed E-state index contributed by atoms with van der Waals surface area (Å²) in [5, 5.41) is 8.67. The molecule has 0 fully saturated rings. The first kappa shape index (κ1) is 12.5. The number of carbonyl (C=O) groups is 1. The average Bonchev–Trinajstić information content (AvgIpc) is 2.18. The molecule has 5 heteroatoms. The lowest BCUT2D eigenvalue weighted by Gasteiger charge is -2.08. The molecule has 3 N–H and O–H groups in total. The summed E-state index contributed by atoms with van der Waals surface area (Å²) in [4.78, 5) is 11.7. The minimum atomic E-state index is -0.972. The van der Waals surface area contributed by atoms with Gasteiger partial charge in [-0.05, 0) is 46.3 Å². The van der Waals surface area contributed by atoms with Gasteiger partial charge in [-0.15, -0.1) is 11.8 Å². The molecule has 0 aromatic heterocycles. The summed E-state index contributed by atoms with van der Waals surface area (Å²) >= 11 is 5.06. The van der Waals surface area contributed by atoms with Crippen molar-refractivity contribution in [2.45, 2.75) is 17.4 Å². The van der Waals surface area contributed by atoms with E-state index in [1.807, 2.05) is 24.5 Å². The third-order valence-corrected chi connectivity index (χ3v) is 3.70. The van der Waals surface area contributed by atoms with Gasteiger partial charge in [0, 0.05) is 9.37 Å². The van der Waals surface area contributed by atoms with Crippen molar-refractivity contribution in [3.05, 3.63) is 28.2 Å². The van der Waals surface area contributed by atoms with Crippen LogP contribution in [0.2, 0.25) is 0 Å². The zero-order valence-corrected chi connectivity index (χ0v) is 10.6. The number of carboxylic acid groups (broad SMARTS) is 1. The summed E-state index contributed by atoms with van der Waals surface area (Å²) in [7, 11) is 0. The van der Waals surface area contributed by atoms with Gasteiger partial charge in [0.05, 0.1) is 0 Å². The molecule has 82 valence electrons. The van der Waals surface area contributed by atoms with E-state index >= 15 is 0 Å². The fourth-order valence-corrected chi connectivity index (χ4v) is 2.55. The molecule has 0 aliphatic carbocycles. The number of nitrogens with two attached hydrogens (primary N) is 1. The summed E-state index contributed by atoms with van der Waals surface area (Å²) in [5.74, 6) is -0.972. The van der Waals surface area contributed by atoms with Crippen molar-refractivity contribution in [2.75, 3.05) is 6.26 Å². The monoisotopic (exact) mass is 289 g/mol. The Bertz CT molecular complexity index is 370. The van der Waals surface area contributed by atoms with Crippen LogP contribution < -0.4 is 5.73 Å². The highest BCUT2D eigenvalue weighted by molar-refractivity contribution is 9.10. The van der Waals surface area contributed by atoms with Gasteiger partial charge in [0.15, 0.2) is 0 Å². The fourth-order valence-electron chi connectivity index (χ4n) is 1.18. The van der Waals surface area contributed by atoms with Crippen LogP contribution in [0.3, 0.4) is 0 Å². The predicted molar refractivity (Wildman–Crippen MR) is 65.2 cm³/mol. The molecule has 0 amide bonds. The third kappa shape index (κ3) is 3.52. The first-order valence-corrected chi connectivity index (χ1v) is 6.37. The average molecular weight is 290 g/mol. The van der Waals surface area contributed by atoms with E-state index in [4.69, 9.17) is 10.8 Å². The van der Waals surface area contributed by atoms with Gasteiger partial charge in [-0.3, -0.25) is 4.79 Å². The lowest BCUT2D eigenvalue weighted by Crippen LogP contribution is -2.32. The molecule has 1 rings (SSSR count). The van der Waals surface area contributed by atoms with Crippen LogP contribution in [0, 0.1) is 0 Å². The standard InChI is InChI=1S/C10H12BrNO2S/c1-15-9-3-2-6(4-7(9)11)5-8(12)10(13)14/h2-4,8H,5,12H2,1H3,(H,13,14). The Balaban J connectivity index is 2.79. The van der Waals surface area contributed by atoms with Gasteiger partial charge in [0.1, 0.15) is 6.04 Å². The Hall–Kier alpha value is -0.520. The summed E-state index contributed by atoms with van der Waals surface area (Å²) in [5.41, 5.74) is 6.37. The number of thioether (sulfide) groups is 1. The molecule has 0 aliphatic rings. The SMILES string of the molecule is CSc1ccc(CC(N)C(=O)O)cc1Br. The maximum atomic E-state index is 10.6. The number of halogens is 1. The van der Waals surface area contributed by atoms with Gasteiger partial charge in [-0.2, -0.15) is 0 Å². The lowest BCUT2D eigenvalue weighted by molar-refractivity contribution is -0.138. The Morgan fingerprint density at radius 3 is 2.80 bits per heavy atom. The van der Waals surface area contributed by atoms with E-state index in [1.165, 1.54) is 0 Å². The molecular formula is C10H12BrNO2S. The van der Waals surface area contributed by atoms with Gasteiger partial charge < -0.3 is 10.8 Å². The second-order valence-electron chi connectivity index (χ2n) is 3.12. The van der Waals surface area contributed by atoms with Crippen LogP contribution >= 0.6 is 27.7 Å². The van der Waals surface area contributed by atoms with Crippen molar-refractivity contribution in [3.8, 4) is 0 Å². The topological polar surface area (TPSA) is 63.3 Å². The molecule has 1 aromatic carbocycles. The molecule has 0 aliphatic heterocycles. The molecule has 0 spiro atoms. The highest BCUT2D eigenvalue weighted by Crippen LogP contribution is 2.26. The number of hydrogen-bond donors (Lipinski definition) is 2. The van der Waals surface area contributed by atoms with Crippen molar-refractivity contribution in [3.63, 3.8) is 0 Å². The number of benzene rings is 1. The van der Waals surface area contributed by atoms with E-state index in [0.29, 0.717) is 6.42 Å². The minimum Gasteiger partial charge on any atom is -0.480 e. The maximum absolute atomic E-state index is 10.6. The molecule has 15 heavy (non-hydrogen) atoms. The molecule has 0 heterocycles. The number of rotatable bonds is 4. The summed E-state index contributed by atoms with van der Waals surface area (Å²) in [6, 6.07) is 4.93. The maximum Gasteiger partial charge on any atom is 0.320 e. The Morgan fingerprint density at radius 1 is 1.67 bits per heavy atom. The van der Waals surface area contributed by atoms with Gasteiger partial charge in [-0.1, -0.05) is 6.07 Å². The second-order valence-corrected chi connectivity index (χ2v) is 4.82. The van der Waals surface area contributed by atoms with Crippen molar-refractivity contribution in [2.24, 2.45) is 5.73 Å². The number of aliphatic carboxylic acids is 1. The molecule has 3 nitrogen and oxygen atoms in total. The lowest BCUT2D eigenvalue weighted by atomic mass is 10.1. The van der Waals surface area contributed by atoms with E-state index < -0.39 is 12.0 Å². The van der Waals surface area contributed by atoms with Crippen LogP contribution in [0.4, 0.5) is 0 Å². The first-order valence-electron chi connectivity index (χ1n) is 4.35. The van der Waals surface area contributed by atoms with Gasteiger partial charge in [0.25, 0.3) is 0 Å². The van der Waals surface area contributed by atoms with Crippen LogP contribution in [0.15, 0.2) is 27.6 Å². The zero-order valence-electron chi connectivity index (χ0n) is 8.24. The van der Waals surface area contributed by atoms with E-state index in [9.17, 15) is 4.79 Å². The quantitative estimate of drug-likeness (QED) is 0.834. The summed E-state index contributed by atoms with van der Waals surface area (Å²) < 4.78 is 0.977. The molecule has 1 unspecified atom stereocenters. The van der Waals surface area contributed by atoms with Crippen molar-refractivity contribution >= 4 is 33.7 Å². The normalized spacial score (nSPS) is 12.5. The summed E-state index contributed by atoms with van der Waals surface area (Å²) in [6.45, 7) is 0. The molecule has 0 saturated heterocycles. The highest BCUT2D eigenvalue weighted by Gasteiger charge is 2.12. The molecule has 0 bridgehead atoms. The van der Waals surface area contributed by atoms with E-state index in [0.717, 1.165) is 14.9 Å². The highest BCUT2D eigenvalue weighted by atomic mass is 79.9. The van der Waals surface area contributed by atoms with E-state index in [2.05, 4.69) is 15.9 Å². The van der Waals surface area contributed by atoms with Crippen LogP contribution in [0.5, 0.6) is 0 Å². The van der Waals surface area contributed by atoms with Crippen LogP contribution in [-0.2, 0) is 11.2 Å². The Kier molecular flexibility index (Phi) is 4.63. The number of carboxylic acids is 1. The predicted octanol–water partition coefficient (Wildman–Crippen LogP) is 2.13. The smallest absolute Gasteiger partial charge is 0.320 e. The van der Waals surface area contributed by atoms with Gasteiger partial charge in [0.2, 0.25) is 0 Å². The molecule has 1 aromatic rings. The van der Waals surface area contributed by atoms with Crippen molar-refractivity contribution in [1.82, 2.24) is 0 Å². The van der Waals surface area contributed by atoms with Gasteiger partial charge >= 0.3 is 5.97 Å². The van der Waals surface area contributed by atoms with Crippen molar-refractivity contribution in [1.29, 1.82) is 0 Å². The third-order valence-electron chi connectivity index (χ3n) is 1.99. The van der Waals surface area contributed by atoms with Crippen LogP contribution in [0.25, 0.3) is 0 Å². The van der Waals surface area contributed by atoms with Crippen molar-refractivity contribution < 1.29 is 9.90 Å². The fraction of sp³-hybridized carbons (Fsp3) is 0.300. The van der Waals surface area contributed by atoms with Gasteiger partial charge in [-0.25, -0.2) is 0 Å². The molecule has 1 atom stereocenters. The number of hydrogen-bond acceptors (Lipinski definition) is 3. The van der Waals surface area contributed by atoms with E-state index in [1.54, 1.807) is 11.8 Å². The molecule has 0 radical (unpaired) electrons. The second kappa shape index (κ2) is 5.53. The Labute approximate surface area is 101 Å². The van der Waals surface area contributed by atoms with Crippen LogP contribution in [-0.4, -0.2) is 23.4 Å². The van der Waals surface area contributed by atoms with Crippen LogP contribution in [0.1, 0.15) is 5.56 Å². The minimum absolute atomic E-state index is 0.350. The first-order chi connectivity index (χ1) is 7.04. The largest absolute Gasteiger partial charge is 0.480 e. The Morgan fingerprint density at radius 2 is 2.33 bits per heavy atom. The molecule has 0 saturated carbocycles.